The molecule has 3 aromatic carbocycles. The molecule has 2 aliphatic rings. The Balaban J connectivity index is 1.12. The summed E-state index contributed by atoms with van der Waals surface area (Å²) in [5.41, 5.74) is 10.2. The number of hydrogen-bond donors (Lipinski definition) is 3. The Hall–Kier alpha value is -5.12. The number of pyridine rings is 1. The van der Waals surface area contributed by atoms with Crippen LogP contribution in [-0.4, -0.2) is 64.6 Å². The van der Waals surface area contributed by atoms with Crippen LogP contribution < -0.4 is 15.0 Å². The van der Waals surface area contributed by atoms with Crippen molar-refractivity contribution in [2.45, 2.75) is 39.5 Å². The number of rotatable bonds is 10. The van der Waals surface area contributed by atoms with Crippen molar-refractivity contribution in [1.82, 2.24) is 14.9 Å². The molecule has 2 aromatic heterocycles. The highest BCUT2D eigenvalue weighted by Crippen LogP contribution is 2.40. The number of carbonyl (C=O) groups is 2. The smallest absolute Gasteiger partial charge is 0.339 e. The second-order valence-electron chi connectivity index (χ2n) is 12.8. The van der Waals surface area contributed by atoms with Gasteiger partial charge in [-0.2, -0.15) is 0 Å². The number of H-pyrrole nitrogens is 1. The fourth-order valence-electron chi connectivity index (χ4n) is 7.07. The molecule has 1 fully saturated rings. The van der Waals surface area contributed by atoms with E-state index in [0.717, 1.165) is 79.4 Å². The quantitative estimate of drug-likeness (QED) is 0.136. The topological polar surface area (TPSA) is 111 Å². The third-order valence-electron chi connectivity index (χ3n) is 9.70. The lowest BCUT2D eigenvalue weighted by Gasteiger charge is -2.38. The number of nitrogens with zero attached hydrogens (tertiary/aromatic N) is 3. The zero-order chi connectivity index (χ0) is 34.8. The van der Waals surface area contributed by atoms with Gasteiger partial charge in [0.2, 0.25) is 5.91 Å². The fraction of sp³-hybridized carbons (Fsp3) is 0.275. The van der Waals surface area contributed by atoms with E-state index in [1.165, 1.54) is 33.4 Å². The van der Waals surface area contributed by atoms with E-state index in [2.05, 4.69) is 56.3 Å². The van der Waals surface area contributed by atoms with E-state index >= 15 is 0 Å². The van der Waals surface area contributed by atoms with Gasteiger partial charge in [-0.3, -0.25) is 9.69 Å². The third kappa shape index (κ3) is 6.97. The molecule has 0 spiro atoms. The summed E-state index contributed by atoms with van der Waals surface area (Å²) in [5.74, 6) is -0.264. The molecule has 7 rings (SSSR count). The summed E-state index contributed by atoms with van der Waals surface area (Å²) < 4.78 is 6.11. The minimum atomic E-state index is -1.04. The second kappa shape index (κ2) is 14.4. The van der Waals surface area contributed by atoms with Gasteiger partial charge >= 0.3 is 5.97 Å². The van der Waals surface area contributed by atoms with Crippen molar-refractivity contribution >= 4 is 51.5 Å². The first kappa shape index (κ1) is 33.4. The zero-order valence-electron chi connectivity index (χ0n) is 28.3. The number of amides is 1. The van der Waals surface area contributed by atoms with Gasteiger partial charge in [0.25, 0.3) is 0 Å². The molecule has 50 heavy (non-hydrogen) atoms. The van der Waals surface area contributed by atoms with Gasteiger partial charge in [0, 0.05) is 73.2 Å². The van der Waals surface area contributed by atoms with Gasteiger partial charge in [-0.1, -0.05) is 37.6 Å². The first-order valence-corrected chi connectivity index (χ1v) is 17.6. The molecular weight excluding hydrogens is 650 g/mol. The number of carboxylic acids is 1. The Morgan fingerprint density at radius 2 is 1.78 bits per heavy atom. The van der Waals surface area contributed by atoms with Crippen LogP contribution in [0.15, 0.2) is 84.7 Å². The Bertz CT molecular complexity index is 2110. The third-order valence-corrected chi connectivity index (χ3v) is 9.93. The Morgan fingerprint density at radius 1 is 0.960 bits per heavy atom. The summed E-state index contributed by atoms with van der Waals surface area (Å²) in [6.07, 6.45) is 6.55. The molecule has 1 aliphatic carbocycles. The molecular formula is C40H40ClN5O4. The average molecular weight is 690 g/mol. The number of fused-ring (bicyclic) bond motifs is 2. The van der Waals surface area contributed by atoms with Crippen molar-refractivity contribution in [2.24, 2.45) is 0 Å². The number of ether oxygens (including phenoxy) is 1. The Labute approximate surface area is 296 Å². The number of aryl methyl sites for hydroxylation is 2. The SMILES string of the molecule is CCC(=O)Nc1ccc2c(c1)CCC(CN1CCN(c3ccc(C(=O)O)c(Oc4cnc5[nH]ccc5c4)c3)CC1)=C2c1ccc(Cl)cc1CC. The van der Waals surface area contributed by atoms with Crippen molar-refractivity contribution < 1.29 is 19.4 Å². The molecule has 10 heteroatoms. The maximum absolute atomic E-state index is 12.1. The lowest BCUT2D eigenvalue weighted by atomic mass is 9.80. The molecule has 1 saturated heterocycles. The number of carbonyl (C=O) groups excluding carboxylic acids is 1. The van der Waals surface area contributed by atoms with E-state index in [4.69, 9.17) is 16.3 Å². The summed E-state index contributed by atoms with van der Waals surface area (Å²) in [6.45, 7) is 8.18. The number of hydrogen-bond acceptors (Lipinski definition) is 6. The molecule has 3 N–H and O–H groups in total. The van der Waals surface area contributed by atoms with Crippen molar-refractivity contribution in [1.29, 1.82) is 0 Å². The maximum atomic E-state index is 12.1. The molecule has 256 valence electrons. The molecule has 1 aliphatic heterocycles. The Morgan fingerprint density at radius 3 is 2.56 bits per heavy atom. The second-order valence-corrected chi connectivity index (χ2v) is 13.3. The monoisotopic (exact) mass is 689 g/mol. The highest BCUT2D eigenvalue weighted by atomic mass is 35.5. The van der Waals surface area contributed by atoms with E-state index in [1.54, 1.807) is 18.5 Å². The highest BCUT2D eigenvalue weighted by Gasteiger charge is 2.26. The van der Waals surface area contributed by atoms with Crippen LogP contribution in [0, 0.1) is 0 Å². The van der Waals surface area contributed by atoms with E-state index in [0.29, 0.717) is 12.2 Å². The van der Waals surface area contributed by atoms with Gasteiger partial charge < -0.3 is 25.0 Å². The minimum absolute atomic E-state index is 0.00990. The predicted octanol–water partition coefficient (Wildman–Crippen LogP) is 8.19. The van der Waals surface area contributed by atoms with Gasteiger partial charge in [0.05, 0.1) is 6.20 Å². The van der Waals surface area contributed by atoms with Gasteiger partial charge in [-0.05, 0) is 101 Å². The van der Waals surface area contributed by atoms with Crippen LogP contribution in [0.4, 0.5) is 11.4 Å². The number of aromatic amines is 1. The fourth-order valence-corrected chi connectivity index (χ4v) is 7.26. The first-order chi connectivity index (χ1) is 24.3. The number of nitrogens with one attached hydrogen (secondary N) is 2. The number of carboxylic acid groups (broad SMARTS) is 1. The molecule has 0 atom stereocenters. The maximum Gasteiger partial charge on any atom is 0.339 e. The molecule has 0 bridgehead atoms. The summed E-state index contributed by atoms with van der Waals surface area (Å²) in [7, 11) is 0. The van der Waals surface area contributed by atoms with E-state index in [-0.39, 0.29) is 17.2 Å². The van der Waals surface area contributed by atoms with Crippen LogP contribution in [-0.2, 0) is 17.6 Å². The molecule has 3 heterocycles. The first-order valence-electron chi connectivity index (χ1n) is 17.2. The molecule has 0 unspecified atom stereocenters. The zero-order valence-corrected chi connectivity index (χ0v) is 29.0. The Kier molecular flexibility index (Phi) is 9.61. The average Bonchev–Trinajstić information content (AvgIpc) is 3.60. The van der Waals surface area contributed by atoms with Crippen molar-refractivity contribution in [3.05, 3.63) is 118 Å². The van der Waals surface area contributed by atoms with Gasteiger partial charge in [0.1, 0.15) is 22.7 Å². The summed E-state index contributed by atoms with van der Waals surface area (Å²) in [4.78, 5) is 36.5. The van der Waals surface area contributed by atoms with Crippen molar-refractivity contribution in [3.63, 3.8) is 0 Å². The van der Waals surface area contributed by atoms with Crippen LogP contribution in [0.1, 0.15) is 59.3 Å². The highest BCUT2D eigenvalue weighted by molar-refractivity contribution is 6.30. The van der Waals surface area contributed by atoms with Crippen LogP contribution in [0.3, 0.4) is 0 Å². The lowest BCUT2D eigenvalue weighted by molar-refractivity contribution is -0.115. The predicted molar refractivity (Wildman–Crippen MR) is 199 cm³/mol. The lowest BCUT2D eigenvalue weighted by Crippen LogP contribution is -2.47. The van der Waals surface area contributed by atoms with E-state index in [9.17, 15) is 14.7 Å². The van der Waals surface area contributed by atoms with Gasteiger partial charge in [-0.15, -0.1) is 0 Å². The van der Waals surface area contributed by atoms with Crippen LogP contribution >= 0.6 is 11.6 Å². The standard InChI is InChI=1S/C40H40ClN5O4/c1-3-25-19-29(41)7-10-33(25)38-28(6-5-26-20-30(8-11-34(26)38)44-37(47)4-2)24-45-15-17-46(18-16-45)31-9-12-35(40(48)49)36(22-31)50-32-21-27-13-14-42-39(27)43-23-32/h7-14,19-23H,3-6,15-18,24H2,1-2H3,(H,42,43)(H,44,47)(H,48,49). The number of anilines is 2. The number of aromatic carboxylic acids is 1. The van der Waals surface area contributed by atoms with Crippen molar-refractivity contribution in [3.8, 4) is 11.5 Å². The molecule has 9 nitrogen and oxygen atoms in total. The number of halogens is 1. The summed E-state index contributed by atoms with van der Waals surface area (Å²) in [5, 5.41) is 14.5. The van der Waals surface area contributed by atoms with Crippen LogP contribution in [0.2, 0.25) is 5.02 Å². The summed E-state index contributed by atoms with van der Waals surface area (Å²) >= 11 is 6.45. The van der Waals surface area contributed by atoms with E-state index in [1.807, 2.05) is 43.3 Å². The summed E-state index contributed by atoms with van der Waals surface area (Å²) in [6, 6.07) is 21.6. The number of aromatic nitrogens is 2. The molecule has 0 radical (unpaired) electrons. The normalized spacial score (nSPS) is 14.9. The van der Waals surface area contributed by atoms with Crippen LogP contribution in [0.5, 0.6) is 11.5 Å². The number of piperazine rings is 1. The van der Waals surface area contributed by atoms with Crippen molar-refractivity contribution in [2.75, 3.05) is 42.9 Å². The van der Waals surface area contributed by atoms with Crippen LogP contribution in [0.25, 0.3) is 16.6 Å². The molecule has 0 saturated carbocycles. The number of benzene rings is 3. The largest absolute Gasteiger partial charge is 0.478 e. The molecule has 5 aromatic rings. The molecule has 1 amide bonds. The van der Waals surface area contributed by atoms with Gasteiger partial charge in [0.15, 0.2) is 0 Å². The van der Waals surface area contributed by atoms with E-state index < -0.39 is 5.97 Å². The minimum Gasteiger partial charge on any atom is -0.478 e. The van der Waals surface area contributed by atoms with Gasteiger partial charge in [-0.25, -0.2) is 9.78 Å².